The van der Waals surface area contributed by atoms with Gasteiger partial charge < -0.3 is 10.6 Å². The van der Waals surface area contributed by atoms with Gasteiger partial charge in [0.1, 0.15) is 0 Å². The molecule has 4 nitrogen and oxygen atoms in total. The Kier molecular flexibility index (Phi) is 20.9. The van der Waals surface area contributed by atoms with Gasteiger partial charge in [0.25, 0.3) is 0 Å². The van der Waals surface area contributed by atoms with Crippen LogP contribution in [0.15, 0.2) is 0 Å². The zero-order chi connectivity index (χ0) is 15.8. The summed E-state index contributed by atoms with van der Waals surface area (Å²) in [7, 11) is 0. The lowest BCUT2D eigenvalue weighted by atomic mass is 10.2. The predicted molar refractivity (Wildman–Crippen MR) is 83.4 cm³/mol. The molecule has 0 aliphatic heterocycles. The number of amides is 1. The lowest BCUT2D eigenvalue weighted by molar-refractivity contribution is -0.126. The number of rotatable bonds is 6. The first-order valence-electron chi connectivity index (χ1n) is 7.44. The van der Waals surface area contributed by atoms with Crippen LogP contribution in [-0.4, -0.2) is 30.3 Å². The van der Waals surface area contributed by atoms with Crippen molar-refractivity contribution in [1.29, 1.82) is 0 Å². The van der Waals surface area contributed by atoms with E-state index in [9.17, 15) is 9.59 Å². The lowest BCUT2D eigenvalue weighted by Gasteiger charge is -2.13. The number of hydrogen-bond donors (Lipinski definition) is 2. The quantitative estimate of drug-likeness (QED) is 0.783. The zero-order valence-electron chi connectivity index (χ0n) is 14.1. The van der Waals surface area contributed by atoms with E-state index >= 15 is 0 Å². The van der Waals surface area contributed by atoms with E-state index in [1.165, 1.54) is 6.42 Å². The monoisotopic (exact) mass is 274 g/mol. The molecule has 0 bridgehead atoms. The maximum Gasteiger partial charge on any atom is 0.234 e. The van der Waals surface area contributed by atoms with Crippen molar-refractivity contribution >= 4 is 11.7 Å². The summed E-state index contributed by atoms with van der Waals surface area (Å²) in [4.78, 5) is 22.4. The minimum absolute atomic E-state index is 0.0582. The van der Waals surface area contributed by atoms with Crippen LogP contribution < -0.4 is 10.6 Å². The smallest absolute Gasteiger partial charge is 0.234 e. The van der Waals surface area contributed by atoms with Gasteiger partial charge in [-0.05, 0) is 6.92 Å². The summed E-state index contributed by atoms with van der Waals surface area (Å²) >= 11 is 0. The highest BCUT2D eigenvalue weighted by molar-refractivity contribution is 5.89. The Morgan fingerprint density at radius 1 is 1.00 bits per heavy atom. The summed E-state index contributed by atoms with van der Waals surface area (Å²) in [5.74, 6) is -0.0732. The zero-order valence-corrected chi connectivity index (χ0v) is 14.1. The maximum absolute atomic E-state index is 11.3. The number of hydrogen-bond acceptors (Lipinski definition) is 3. The Hall–Kier alpha value is -0.900. The summed E-state index contributed by atoms with van der Waals surface area (Å²) in [6, 6.07) is -0.0978. The number of carbonyl (C=O) groups excluding carboxylic acids is 2. The first-order chi connectivity index (χ1) is 8.88. The molecule has 0 aromatic heterocycles. The number of ketones is 1. The van der Waals surface area contributed by atoms with Crippen LogP contribution >= 0.6 is 0 Å². The van der Waals surface area contributed by atoms with E-state index < -0.39 is 0 Å². The highest BCUT2D eigenvalue weighted by atomic mass is 16.2. The number of carbonyl (C=O) groups is 2. The Morgan fingerprint density at radius 3 is 1.74 bits per heavy atom. The van der Waals surface area contributed by atoms with Crippen molar-refractivity contribution in [3.8, 4) is 0 Å². The van der Waals surface area contributed by atoms with Crippen LogP contribution in [0.4, 0.5) is 0 Å². The molecule has 4 heteroatoms. The molecule has 19 heavy (non-hydrogen) atoms. The highest BCUT2D eigenvalue weighted by Gasteiger charge is 2.12. The largest absolute Gasteiger partial charge is 0.345 e. The van der Waals surface area contributed by atoms with Gasteiger partial charge in [-0.25, -0.2) is 0 Å². The van der Waals surface area contributed by atoms with E-state index in [4.69, 9.17) is 0 Å². The van der Waals surface area contributed by atoms with E-state index in [2.05, 4.69) is 24.5 Å². The summed E-state index contributed by atoms with van der Waals surface area (Å²) in [6.45, 7) is 15.9. The fraction of sp³-hybridized carbons (Fsp3) is 0.867. The number of Topliss-reactive ketones (excluding diaryl/α,β-unsaturated/α-hetero) is 1. The molecule has 1 amide bonds. The van der Waals surface area contributed by atoms with E-state index in [0.717, 1.165) is 0 Å². The predicted octanol–water partition coefficient (Wildman–Crippen LogP) is 2.91. The van der Waals surface area contributed by atoms with Crippen LogP contribution in [0.3, 0.4) is 0 Å². The maximum atomic E-state index is 11.3. The second-order valence-electron chi connectivity index (χ2n) is 4.35. The molecule has 0 radical (unpaired) electrons. The molecule has 0 aromatic rings. The summed E-state index contributed by atoms with van der Waals surface area (Å²) < 4.78 is 0. The Labute approximate surface area is 119 Å². The van der Waals surface area contributed by atoms with Crippen molar-refractivity contribution in [2.45, 2.75) is 80.3 Å². The normalized spacial score (nSPS) is 10.6. The Morgan fingerprint density at radius 2 is 1.42 bits per heavy atom. The molecule has 0 saturated heterocycles. The molecule has 0 aliphatic carbocycles. The van der Waals surface area contributed by atoms with E-state index in [1.54, 1.807) is 13.8 Å². The van der Waals surface area contributed by atoms with E-state index in [0.29, 0.717) is 6.42 Å². The molecule has 0 aliphatic rings. The van der Waals surface area contributed by atoms with E-state index in [-0.39, 0.29) is 30.3 Å². The molecule has 116 valence electrons. The fourth-order valence-corrected chi connectivity index (χ4v) is 0.976. The summed E-state index contributed by atoms with van der Waals surface area (Å²) in [5, 5.41) is 5.62. The van der Waals surface area contributed by atoms with Crippen molar-refractivity contribution in [3.63, 3.8) is 0 Å². The minimum Gasteiger partial charge on any atom is -0.345 e. The summed E-state index contributed by atoms with van der Waals surface area (Å²) in [5.41, 5.74) is 0. The molecular formula is C15H34N2O2. The van der Waals surface area contributed by atoms with Crippen molar-refractivity contribution in [1.82, 2.24) is 10.6 Å². The third kappa shape index (κ3) is 19.6. The molecule has 0 aromatic carbocycles. The van der Waals surface area contributed by atoms with E-state index in [1.807, 2.05) is 27.7 Å². The molecule has 0 saturated carbocycles. The second-order valence-corrected chi connectivity index (χ2v) is 4.35. The third-order valence-corrected chi connectivity index (χ3v) is 1.88. The van der Waals surface area contributed by atoms with Gasteiger partial charge in [0, 0.05) is 12.5 Å². The molecule has 1 atom stereocenters. The van der Waals surface area contributed by atoms with Crippen molar-refractivity contribution < 1.29 is 9.59 Å². The minimum atomic E-state index is -0.374. The molecular weight excluding hydrogens is 240 g/mol. The first kappa shape index (κ1) is 23.2. The van der Waals surface area contributed by atoms with Gasteiger partial charge >= 0.3 is 0 Å². The van der Waals surface area contributed by atoms with Gasteiger partial charge in [-0.15, -0.1) is 0 Å². The molecule has 1 unspecified atom stereocenters. The van der Waals surface area contributed by atoms with Gasteiger partial charge in [-0.1, -0.05) is 54.9 Å². The average molecular weight is 274 g/mol. The van der Waals surface area contributed by atoms with Crippen molar-refractivity contribution in [2.24, 2.45) is 0 Å². The van der Waals surface area contributed by atoms with Crippen LogP contribution in [-0.2, 0) is 9.59 Å². The molecule has 0 rings (SSSR count). The second kappa shape index (κ2) is 17.1. The summed E-state index contributed by atoms with van der Waals surface area (Å²) in [6.07, 6.45) is 1.71. The fourth-order valence-electron chi connectivity index (χ4n) is 0.976. The molecule has 2 N–H and O–H groups in total. The van der Waals surface area contributed by atoms with Crippen molar-refractivity contribution in [2.75, 3.05) is 6.54 Å². The molecule has 0 spiro atoms. The SMILES string of the molecule is CC.CCC.CCC(=O)C(C)NC(=O)CNC(C)C. The molecule has 0 heterocycles. The van der Waals surface area contributed by atoms with Gasteiger partial charge in [-0.2, -0.15) is 0 Å². The van der Waals surface area contributed by atoms with Crippen LogP contribution in [0, 0.1) is 0 Å². The standard InChI is InChI=1S/C10H20N2O2.C3H8.C2H6/c1-5-9(13)8(4)12-10(14)6-11-7(2)3;1-3-2;1-2/h7-8,11H,5-6H2,1-4H3,(H,12,14);3H2,1-2H3;1-2H3. The van der Waals surface area contributed by atoms with Gasteiger partial charge in [0.05, 0.1) is 12.6 Å². The average Bonchev–Trinajstić information content (AvgIpc) is 2.38. The van der Waals surface area contributed by atoms with Crippen LogP contribution in [0.5, 0.6) is 0 Å². The van der Waals surface area contributed by atoms with Gasteiger partial charge in [0.2, 0.25) is 5.91 Å². The van der Waals surface area contributed by atoms with Gasteiger partial charge in [0.15, 0.2) is 5.78 Å². The Bertz CT molecular complexity index is 216. The first-order valence-corrected chi connectivity index (χ1v) is 7.44. The lowest BCUT2D eigenvalue weighted by Crippen LogP contribution is -2.43. The molecule has 0 fully saturated rings. The van der Waals surface area contributed by atoms with Gasteiger partial charge in [-0.3, -0.25) is 9.59 Å². The van der Waals surface area contributed by atoms with Crippen LogP contribution in [0.2, 0.25) is 0 Å². The van der Waals surface area contributed by atoms with Crippen molar-refractivity contribution in [3.05, 3.63) is 0 Å². The number of nitrogens with one attached hydrogen (secondary N) is 2. The third-order valence-electron chi connectivity index (χ3n) is 1.88. The topological polar surface area (TPSA) is 58.2 Å². The Balaban J connectivity index is -0.000000445. The van der Waals surface area contributed by atoms with Crippen LogP contribution in [0.1, 0.15) is 68.2 Å². The highest BCUT2D eigenvalue weighted by Crippen LogP contribution is 1.89. The van der Waals surface area contributed by atoms with Crippen LogP contribution in [0.25, 0.3) is 0 Å².